The molecule has 0 fully saturated rings. The van der Waals surface area contributed by atoms with Gasteiger partial charge < -0.3 is 20.6 Å². The van der Waals surface area contributed by atoms with Crippen LogP contribution in [-0.4, -0.2) is 33.9 Å². The van der Waals surface area contributed by atoms with E-state index in [4.69, 9.17) is 5.11 Å². The second-order valence-corrected chi connectivity index (χ2v) is 3.56. The second kappa shape index (κ2) is 5.37. The van der Waals surface area contributed by atoms with E-state index in [-0.39, 0.29) is 24.0 Å². The molecule has 1 atom stereocenters. The zero-order valence-corrected chi connectivity index (χ0v) is 8.97. The van der Waals surface area contributed by atoms with Gasteiger partial charge in [-0.3, -0.25) is 4.79 Å². The van der Waals surface area contributed by atoms with Gasteiger partial charge in [0.2, 0.25) is 0 Å². The van der Waals surface area contributed by atoms with E-state index in [0.29, 0.717) is 6.42 Å². The fraction of sp³-hybridized carbons (Fsp3) is 0.364. The van der Waals surface area contributed by atoms with Crippen molar-refractivity contribution in [2.24, 2.45) is 0 Å². The van der Waals surface area contributed by atoms with Gasteiger partial charge in [-0.1, -0.05) is 6.07 Å². The lowest BCUT2D eigenvalue weighted by atomic mass is 10.1. The monoisotopic (exact) mass is 225 g/mol. The molecular formula is C11H15NO4. The maximum Gasteiger partial charge on any atom is 0.255 e. The predicted molar refractivity (Wildman–Crippen MR) is 58.4 cm³/mol. The molecule has 88 valence electrons. The first-order valence-corrected chi connectivity index (χ1v) is 4.99. The summed E-state index contributed by atoms with van der Waals surface area (Å²) in [7, 11) is 0. The number of carbonyl (C=O) groups excluding carboxylic acids is 1. The number of benzene rings is 1. The van der Waals surface area contributed by atoms with Gasteiger partial charge in [-0.05, 0) is 25.5 Å². The Morgan fingerprint density at radius 1 is 1.44 bits per heavy atom. The van der Waals surface area contributed by atoms with Crippen molar-refractivity contribution in [1.29, 1.82) is 0 Å². The van der Waals surface area contributed by atoms with Crippen molar-refractivity contribution in [2.45, 2.75) is 19.4 Å². The molecule has 1 rings (SSSR count). The van der Waals surface area contributed by atoms with E-state index in [2.05, 4.69) is 5.32 Å². The van der Waals surface area contributed by atoms with Crippen molar-refractivity contribution in [3.05, 3.63) is 23.8 Å². The number of aliphatic hydroxyl groups is 1. The first-order valence-electron chi connectivity index (χ1n) is 4.99. The van der Waals surface area contributed by atoms with Crippen LogP contribution in [0.1, 0.15) is 23.7 Å². The Balaban J connectivity index is 2.77. The van der Waals surface area contributed by atoms with Crippen LogP contribution < -0.4 is 5.32 Å². The Bertz CT molecular complexity index is 378. The van der Waals surface area contributed by atoms with E-state index < -0.39 is 11.7 Å². The Labute approximate surface area is 93.4 Å². The highest BCUT2D eigenvalue weighted by atomic mass is 16.3. The van der Waals surface area contributed by atoms with E-state index in [9.17, 15) is 15.0 Å². The molecule has 0 radical (unpaired) electrons. The molecule has 5 heteroatoms. The van der Waals surface area contributed by atoms with Gasteiger partial charge in [0, 0.05) is 12.6 Å². The molecule has 0 aromatic heterocycles. The molecule has 0 saturated carbocycles. The summed E-state index contributed by atoms with van der Waals surface area (Å²) in [6, 6.07) is 3.99. The summed E-state index contributed by atoms with van der Waals surface area (Å²) < 4.78 is 0. The highest BCUT2D eigenvalue weighted by Crippen LogP contribution is 2.27. The molecule has 0 heterocycles. The van der Waals surface area contributed by atoms with Gasteiger partial charge in [-0.2, -0.15) is 0 Å². The van der Waals surface area contributed by atoms with Crippen molar-refractivity contribution >= 4 is 5.91 Å². The number of nitrogens with one attached hydrogen (secondary N) is 1. The third-order valence-corrected chi connectivity index (χ3v) is 2.20. The van der Waals surface area contributed by atoms with Gasteiger partial charge in [0.05, 0.1) is 5.56 Å². The molecule has 0 spiro atoms. The molecule has 1 aromatic rings. The van der Waals surface area contributed by atoms with Crippen LogP contribution in [0.4, 0.5) is 0 Å². The maximum absolute atomic E-state index is 11.6. The van der Waals surface area contributed by atoms with Gasteiger partial charge in [-0.15, -0.1) is 0 Å². The van der Waals surface area contributed by atoms with Gasteiger partial charge in [0.25, 0.3) is 5.91 Å². The van der Waals surface area contributed by atoms with Gasteiger partial charge in [0.1, 0.15) is 0 Å². The minimum Gasteiger partial charge on any atom is -0.504 e. The molecule has 16 heavy (non-hydrogen) atoms. The SMILES string of the molecule is CC(CCO)NC(=O)c1cccc(O)c1O. The number of hydrogen-bond acceptors (Lipinski definition) is 4. The molecule has 5 nitrogen and oxygen atoms in total. The minimum atomic E-state index is -0.477. The van der Waals surface area contributed by atoms with Crippen LogP contribution in [0.15, 0.2) is 18.2 Å². The number of rotatable bonds is 4. The number of aliphatic hydroxyl groups excluding tert-OH is 1. The molecule has 4 N–H and O–H groups in total. The summed E-state index contributed by atoms with van der Waals surface area (Å²) in [5.74, 6) is -1.24. The summed E-state index contributed by atoms with van der Waals surface area (Å²) in [4.78, 5) is 11.6. The number of amides is 1. The van der Waals surface area contributed by atoms with Crippen LogP contribution in [0, 0.1) is 0 Å². The molecule has 0 aliphatic rings. The van der Waals surface area contributed by atoms with Gasteiger partial charge in [-0.25, -0.2) is 0 Å². The molecule has 1 amide bonds. The number of para-hydroxylation sites is 1. The average molecular weight is 225 g/mol. The zero-order chi connectivity index (χ0) is 12.1. The Kier molecular flexibility index (Phi) is 4.13. The van der Waals surface area contributed by atoms with Crippen LogP contribution in [-0.2, 0) is 0 Å². The standard InChI is InChI=1S/C11H15NO4/c1-7(5-6-13)12-11(16)8-3-2-4-9(14)10(8)15/h2-4,7,13-15H,5-6H2,1H3,(H,12,16). The number of phenols is 2. The molecule has 0 saturated heterocycles. The summed E-state index contributed by atoms with van der Waals surface area (Å²) in [6.07, 6.45) is 0.436. The highest BCUT2D eigenvalue weighted by Gasteiger charge is 2.15. The Morgan fingerprint density at radius 3 is 2.75 bits per heavy atom. The summed E-state index contributed by atoms with van der Waals surface area (Å²) in [5, 5.41) is 29.9. The maximum atomic E-state index is 11.6. The largest absolute Gasteiger partial charge is 0.504 e. The van der Waals surface area contributed by atoms with E-state index in [1.165, 1.54) is 18.2 Å². The normalized spacial score (nSPS) is 12.1. The predicted octanol–water partition coefficient (Wildman–Crippen LogP) is 0.599. The summed E-state index contributed by atoms with van der Waals surface area (Å²) in [5.41, 5.74) is 0.0183. The fourth-order valence-corrected chi connectivity index (χ4v) is 1.28. The topological polar surface area (TPSA) is 89.8 Å². The highest BCUT2D eigenvalue weighted by molar-refractivity contribution is 5.97. The Morgan fingerprint density at radius 2 is 2.12 bits per heavy atom. The van der Waals surface area contributed by atoms with Crippen molar-refractivity contribution in [3.63, 3.8) is 0 Å². The first-order chi connectivity index (χ1) is 7.56. The van der Waals surface area contributed by atoms with Crippen molar-refractivity contribution < 1.29 is 20.1 Å². The fourth-order valence-electron chi connectivity index (χ4n) is 1.28. The third-order valence-electron chi connectivity index (χ3n) is 2.20. The molecular weight excluding hydrogens is 210 g/mol. The lowest BCUT2D eigenvalue weighted by Gasteiger charge is -2.13. The first kappa shape index (κ1) is 12.3. The zero-order valence-electron chi connectivity index (χ0n) is 8.97. The Hall–Kier alpha value is -1.75. The van der Waals surface area contributed by atoms with Gasteiger partial charge >= 0.3 is 0 Å². The quantitative estimate of drug-likeness (QED) is 0.565. The van der Waals surface area contributed by atoms with E-state index in [1.807, 2.05) is 0 Å². The van der Waals surface area contributed by atoms with Crippen molar-refractivity contribution in [2.75, 3.05) is 6.61 Å². The lowest BCUT2D eigenvalue weighted by molar-refractivity contribution is 0.0931. The van der Waals surface area contributed by atoms with E-state index in [0.717, 1.165) is 0 Å². The number of carbonyl (C=O) groups is 1. The molecule has 0 aliphatic heterocycles. The second-order valence-electron chi connectivity index (χ2n) is 3.56. The van der Waals surface area contributed by atoms with Gasteiger partial charge in [0.15, 0.2) is 11.5 Å². The van der Waals surface area contributed by atoms with Crippen LogP contribution >= 0.6 is 0 Å². The van der Waals surface area contributed by atoms with E-state index in [1.54, 1.807) is 6.92 Å². The average Bonchev–Trinajstić information content (AvgIpc) is 2.22. The third kappa shape index (κ3) is 2.87. The molecule has 0 bridgehead atoms. The van der Waals surface area contributed by atoms with Crippen LogP contribution in [0.2, 0.25) is 0 Å². The minimum absolute atomic E-state index is 0.0183. The van der Waals surface area contributed by atoms with Crippen LogP contribution in [0.3, 0.4) is 0 Å². The van der Waals surface area contributed by atoms with E-state index >= 15 is 0 Å². The number of aromatic hydroxyl groups is 2. The smallest absolute Gasteiger partial charge is 0.255 e. The van der Waals surface area contributed by atoms with Crippen LogP contribution in [0.25, 0.3) is 0 Å². The number of phenolic OH excluding ortho intramolecular Hbond substituents is 2. The molecule has 1 aromatic carbocycles. The van der Waals surface area contributed by atoms with Crippen molar-refractivity contribution in [1.82, 2.24) is 5.32 Å². The summed E-state index contributed by atoms with van der Waals surface area (Å²) >= 11 is 0. The van der Waals surface area contributed by atoms with Crippen LogP contribution in [0.5, 0.6) is 11.5 Å². The lowest BCUT2D eigenvalue weighted by Crippen LogP contribution is -2.33. The number of hydrogen-bond donors (Lipinski definition) is 4. The molecule has 1 unspecified atom stereocenters. The summed E-state index contributed by atoms with van der Waals surface area (Å²) in [6.45, 7) is 1.72. The molecule has 0 aliphatic carbocycles. The van der Waals surface area contributed by atoms with Crippen molar-refractivity contribution in [3.8, 4) is 11.5 Å².